The maximum absolute atomic E-state index is 4.32. The molecular weight excluding hydrogens is 210 g/mol. The number of hydrogen-bond donors (Lipinski definition) is 1. The predicted octanol–water partition coefficient (Wildman–Crippen LogP) is 3.65. The van der Waals surface area contributed by atoms with Gasteiger partial charge in [-0.3, -0.25) is 10.1 Å². The van der Waals surface area contributed by atoms with Crippen LogP contribution in [0, 0.1) is 0 Å². The van der Waals surface area contributed by atoms with Crippen LogP contribution in [0.5, 0.6) is 0 Å². The topological polar surface area (TPSA) is 41.6 Å². The van der Waals surface area contributed by atoms with Crippen molar-refractivity contribution >= 4 is 10.9 Å². The first kappa shape index (κ1) is 11.3. The number of nitrogens with one attached hydrogen (secondary N) is 1. The van der Waals surface area contributed by atoms with E-state index in [4.69, 9.17) is 0 Å². The minimum atomic E-state index is 1.01. The smallest absolute Gasteiger partial charge is 0.0708 e. The van der Waals surface area contributed by atoms with Gasteiger partial charge in [-0.1, -0.05) is 32.0 Å². The van der Waals surface area contributed by atoms with Gasteiger partial charge < -0.3 is 0 Å². The molecule has 3 nitrogen and oxygen atoms in total. The molecule has 3 rings (SSSR count). The average molecular weight is 225 g/mol. The molecule has 1 aromatic carbocycles. The lowest BCUT2D eigenvalue weighted by Gasteiger charge is -2.02. The molecule has 0 atom stereocenters. The van der Waals surface area contributed by atoms with Gasteiger partial charge in [-0.2, -0.15) is 5.10 Å². The molecule has 17 heavy (non-hydrogen) atoms. The molecule has 3 aromatic rings. The third-order valence-electron chi connectivity index (χ3n) is 2.46. The summed E-state index contributed by atoms with van der Waals surface area (Å²) in [5, 5.41) is 7.94. The molecule has 0 aliphatic heterocycles. The van der Waals surface area contributed by atoms with E-state index in [1.807, 2.05) is 56.7 Å². The summed E-state index contributed by atoms with van der Waals surface area (Å²) in [5.74, 6) is 0. The van der Waals surface area contributed by atoms with Crippen molar-refractivity contribution < 1.29 is 0 Å². The molecule has 0 saturated carbocycles. The van der Waals surface area contributed by atoms with Gasteiger partial charge in [0.2, 0.25) is 0 Å². The quantitative estimate of drug-likeness (QED) is 0.686. The van der Waals surface area contributed by atoms with E-state index in [1.165, 1.54) is 0 Å². The molecule has 2 heterocycles. The van der Waals surface area contributed by atoms with E-state index < -0.39 is 0 Å². The lowest BCUT2D eigenvalue weighted by Crippen LogP contribution is -1.81. The number of H-pyrrole nitrogens is 1. The molecule has 0 aliphatic rings. The molecule has 0 radical (unpaired) electrons. The summed E-state index contributed by atoms with van der Waals surface area (Å²) >= 11 is 0. The Morgan fingerprint density at radius 2 is 1.88 bits per heavy atom. The molecule has 0 unspecified atom stereocenters. The molecule has 3 heteroatoms. The van der Waals surface area contributed by atoms with E-state index >= 15 is 0 Å². The van der Waals surface area contributed by atoms with E-state index in [0.717, 1.165) is 22.0 Å². The van der Waals surface area contributed by atoms with Crippen LogP contribution in [0.4, 0.5) is 0 Å². The monoisotopic (exact) mass is 225 g/mol. The van der Waals surface area contributed by atoms with E-state index in [1.54, 1.807) is 0 Å². The third kappa shape index (κ3) is 2.18. The summed E-state index contributed by atoms with van der Waals surface area (Å²) in [7, 11) is 0. The van der Waals surface area contributed by atoms with Crippen molar-refractivity contribution in [1.29, 1.82) is 0 Å². The molecule has 0 fully saturated rings. The Labute approximate surface area is 101 Å². The zero-order valence-corrected chi connectivity index (χ0v) is 10.0. The molecule has 0 spiro atoms. The fourth-order valence-electron chi connectivity index (χ4n) is 1.75. The Balaban J connectivity index is 0.000000514. The zero-order valence-electron chi connectivity index (χ0n) is 10.0. The van der Waals surface area contributed by atoms with E-state index in [-0.39, 0.29) is 0 Å². The van der Waals surface area contributed by atoms with Gasteiger partial charge in [0.05, 0.1) is 11.7 Å². The highest BCUT2D eigenvalue weighted by atomic mass is 15.1. The Morgan fingerprint density at radius 3 is 2.65 bits per heavy atom. The van der Waals surface area contributed by atoms with Gasteiger partial charge in [0, 0.05) is 23.3 Å². The van der Waals surface area contributed by atoms with E-state index in [0.29, 0.717) is 0 Å². The maximum atomic E-state index is 4.32. The SMILES string of the molecule is CC.c1ccc2c(-c3cn[nH]c3)ccnc2c1. The number of para-hydroxylation sites is 1. The van der Waals surface area contributed by atoms with Crippen molar-refractivity contribution in [1.82, 2.24) is 15.2 Å². The summed E-state index contributed by atoms with van der Waals surface area (Å²) in [6, 6.07) is 10.1. The second kappa shape index (κ2) is 5.25. The van der Waals surface area contributed by atoms with Crippen LogP contribution in [0.3, 0.4) is 0 Å². The number of pyridine rings is 1. The van der Waals surface area contributed by atoms with Crippen LogP contribution < -0.4 is 0 Å². The zero-order chi connectivity index (χ0) is 12.1. The minimum absolute atomic E-state index is 1.01. The molecule has 0 amide bonds. The largest absolute Gasteiger partial charge is 0.285 e. The van der Waals surface area contributed by atoms with Crippen molar-refractivity contribution in [2.75, 3.05) is 0 Å². The summed E-state index contributed by atoms with van der Waals surface area (Å²) in [5.41, 5.74) is 3.26. The van der Waals surface area contributed by atoms with Crippen LogP contribution in [0.2, 0.25) is 0 Å². The molecule has 1 N–H and O–H groups in total. The van der Waals surface area contributed by atoms with Crippen LogP contribution in [0.15, 0.2) is 48.9 Å². The van der Waals surface area contributed by atoms with Gasteiger partial charge in [-0.05, 0) is 17.7 Å². The van der Waals surface area contributed by atoms with Crippen molar-refractivity contribution in [3.05, 3.63) is 48.9 Å². The average Bonchev–Trinajstić information content (AvgIpc) is 2.94. The number of benzene rings is 1. The van der Waals surface area contributed by atoms with Crippen LogP contribution in [0.25, 0.3) is 22.0 Å². The van der Waals surface area contributed by atoms with Crippen molar-refractivity contribution in [3.8, 4) is 11.1 Å². The second-order valence-corrected chi connectivity index (χ2v) is 3.36. The van der Waals surface area contributed by atoms with E-state index in [2.05, 4.69) is 21.2 Å². The van der Waals surface area contributed by atoms with Crippen LogP contribution in [-0.4, -0.2) is 15.2 Å². The normalized spacial score (nSPS) is 9.76. The van der Waals surface area contributed by atoms with Gasteiger partial charge in [-0.15, -0.1) is 0 Å². The summed E-state index contributed by atoms with van der Waals surface area (Å²) in [4.78, 5) is 4.32. The highest BCUT2D eigenvalue weighted by molar-refractivity contribution is 5.93. The Hall–Kier alpha value is -2.16. The Morgan fingerprint density at radius 1 is 1.06 bits per heavy atom. The van der Waals surface area contributed by atoms with E-state index in [9.17, 15) is 0 Å². The first-order valence-electron chi connectivity index (χ1n) is 5.78. The lowest BCUT2D eigenvalue weighted by molar-refractivity contribution is 1.09. The predicted molar refractivity (Wildman–Crippen MR) is 70.7 cm³/mol. The van der Waals surface area contributed by atoms with Gasteiger partial charge in [0.15, 0.2) is 0 Å². The number of rotatable bonds is 1. The molecular formula is C14H15N3. The van der Waals surface area contributed by atoms with Crippen LogP contribution in [0.1, 0.15) is 13.8 Å². The standard InChI is InChI=1S/C12H9N3.C2H6/c1-2-4-12-11(3-1)10(5-6-13-12)9-7-14-15-8-9;1-2/h1-8H,(H,14,15);1-2H3. The van der Waals surface area contributed by atoms with Crippen LogP contribution in [-0.2, 0) is 0 Å². The fraction of sp³-hybridized carbons (Fsp3) is 0.143. The van der Waals surface area contributed by atoms with Gasteiger partial charge in [-0.25, -0.2) is 0 Å². The van der Waals surface area contributed by atoms with Crippen molar-refractivity contribution in [2.45, 2.75) is 13.8 Å². The molecule has 2 aromatic heterocycles. The van der Waals surface area contributed by atoms with Crippen LogP contribution >= 0.6 is 0 Å². The first-order valence-corrected chi connectivity index (χ1v) is 5.78. The maximum Gasteiger partial charge on any atom is 0.0708 e. The lowest BCUT2D eigenvalue weighted by atomic mass is 10.0. The summed E-state index contributed by atoms with van der Waals surface area (Å²) in [6.07, 6.45) is 5.54. The second-order valence-electron chi connectivity index (χ2n) is 3.36. The highest BCUT2D eigenvalue weighted by Crippen LogP contribution is 2.25. The molecule has 86 valence electrons. The fourth-order valence-corrected chi connectivity index (χ4v) is 1.75. The van der Waals surface area contributed by atoms with Crippen molar-refractivity contribution in [2.24, 2.45) is 0 Å². The minimum Gasteiger partial charge on any atom is -0.285 e. The molecule has 0 saturated heterocycles. The number of nitrogens with zero attached hydrogens (tertiary/aromatic N) is 2. The number of aromatic amines is 1. The summed E-state index contributed by atoms with van der Waals surface area (Å²) in [6.45, 7) is 4.00. The first-order chi connectivity index (χ1) is 8.45. The summed E-state index contributed by atoms with van der Waals surface area (Å²) < 4.78 is 0. The van der Waals surface area contributed by atoms with Crippen molar-refractivity contribution in [3.63, 3.8) is 0 Å². The molecule has 0 aliphatic carbocycles. The van der Waals surface area contributed by atoms with Gasteiger partial charge in [0.1, 0.15) is 0 Å². The highest BCUT2D eigenvalue weighted by Gasteiger charge is 2.03. The number of fused-ring (bicyclic) bond motifs is 1. The van der Waals surface area contributed by atoms with Gasteiger partial charge in [0.25, 0.3) is 0 Å². The number of hydrogen-bond acceptors (Lipinski definition) is 2. The Kier molecular flexibility index (Phi) is 3.50. The number of aromatic nitrogens is 3. The Bertz CT molecular complexity index is 580. The molecule has 0 bridgehead atoms. The third-order valence-corrected chi connectivity index (χ3v) is 2.46. The van der Waals surface area contributed by atoms with Gasteiger partial charge >= 0.3 is 0 Å².